The van der Waals surface area contributed by atoms with E-state index in [4.69, 9.17) is 4.74 Å². The molecule has 0 fully saturated rings. The van der Waals surface area contributed by atoms with Crippen molar-refractivity contribution in [3.8, 4) is 0 Å². The molecule has 43 heavy (non-hydrogen) atoms. The average Bonchev–Trinajstić information content (AvgIpc) is 3.02. The lowest BCUT2D eigenvalue weighted by molar-refractivity contribution is -0.143. The van der Waals surface area contributed by atoms with E-state index in [9.17, 15) is 9.59 Å². The third-order valence-corrected chi connectivity index (χ3v) is 8.89. The third-order valence-electron chi connectivity index (χ3n) is 8.67. The number of esters is 1. The Morgan fingerprint density at radius 1 is 0.605 bits per heavy atom. The highest BCUT2D eigenvalue weighted by molar-refractivity contribution is 7.80. The largest absolute Gasteiger partial charge is 0.466 e. The standard InChI is InChI=1S/C38H45NO3S/c40-34(24-27-43)39-25-8-6-4-2-1-3-5-7-9-26-42-35(41)21-13-17-30-23-22-29-16-11-19-32-31-18-10-14-28-15-12-20-33(36(28)31)38(30)37(29)32/h10-12,14-16,18-20,22-23,43H,1-9,13,17,21,24-27H2,(H,39,40). The SMILES string of the molecule is O=C(CCS)NCCCCCCCCCCCOC(=O)CCCc1ccc2cccc3c4cccc5cccc(c1c23)c54. The first kappa shape index (κ1) is 31.1. The summed E-state index contributed by atoms with van der Waals surface area (Å²) in [5.74, 6) is 0.634. The maximum atomic E-state index is 12.5. The molecule has 0 aromatic heterocycles. The van der Waals surface area contributed by atoms with Crippen LogP contribution in [0.15, 0.2) is 66.7 Å². The number of thiol groups is 1. The van der Waals surface area contributed by atoms with Crippen LogP contribution in [0, 0.1) is 0 Å². The quantitative estimate of drug-likeness (QED) is 0.0349. The number of unbranched alkanes of at least 4 members (excludes halogenated alkanes) is 8. The highest BCUT2D eigenvalue weighted by Gasteiger charge is 2.15. The Morgan fingerprint density at radius 3 is 1.91 bits per heavy atom. The molecular weight excluding hydrogens is 550 g/mol. The molecule has 5 heteroatoms. The lowest BCUT2D eigenvalue weighted by atomic mass is 9.87. The number of hydrogen-bond donors (Lipinski definition) is 2. The topological polar surface area (TPSA) is 55.4 Å². The van der Waals surface area contributed by atoms with Gasteiger partial charge in [-0.3, -0.25) is 9.59 Å². The van der Waals surface area contributed by atoms with E-state index in [0.29, 0.717) is 25.2 Å². The van der Waals surface area contributed by atoms with Crippen LogP contribution in [0.4, 0.5) is 0 Å². The van der Waals surface area contributed by atoms with Crippen molar-refractivity contribution in [3.05, 3.63) is 72.3 Å². The lowest BCUT2D eigenvalue weighted by Crippen LogP contribution is -2.24. The Hall–Kier alpha value is -3.31. The molecule has 0 unspecified atom stereocenters. The smallest absolute Gasteiger partial charge is 0.305 e. The first-order valence-corrected chi connectivity index (χ1v) is 16.9. The van der Waals surface area contributed by atoms with Crippen molar-refractivity contribution < 1.29 is 14.3 Å². The van der Waals surface area contributed by atoms with Gasteiger partial charge in [-0.1, -0.05) is 112 Å². The van der Waals surface area contributed by atoms with Crippen molar-refractivity contribution in [2.45, 2.75) is 83.5 Å². The summed E-state index contributed by atoms with van der Waals surface area (Å²) in [7, 11) is 0. The van der Waals surface area contributed by atoms with Gasteiger partial charge in [0.2, 0.25) is 5.91 Å². The van der Waals surface area contributed by atoms with Gasteiger partial charge in [-0.25, -0.2) is 0 Å². The van der Waals surface area contributed by atoms with E-state index in [1.54, 1.807) is 0 Å². The summed E-state index contributed by atoms with van der Waals surface area (Å²) in [5, 5.41) is 13.4. The maximum absolute atomic E-state index is 12.5. The second-order valence-electron chi connectivity index (χ2n) is 11.8. The van der Waals surface area contributed by atoms with Gasteiger partial charge in [0.05, 0.1) is 6.61 Å². The van der Waals surface area contributed by atoms with E-state index < -0.39 is 0 Å². The van der Waals surface area contributed by atoms with Gasteiger partial charge >= 0.3 is 5.97 Å². The molecule has 1 N–H and O–H groups in total. The number of fused-ring (bicyclic) bond motifs is 2. The van der Waals surface area contributed by atoms with Gasteiger partial charge < -0.3 is 10.1 Å². The number of carbonyl (C=O) groups excluding carboxylic acids is 2. The van der Waals surface area contributed by atoms with Gasteiger partial charge in [0.25, 0.3) is 0 Å². The molecule has 0 saturated heterocycles. The van der Waals surface area contributed by atoms with E-state index in [-0.39, 0.29) is 11.9 Å². The van der Waals surface area contributed by atoms with Gasteiger partial charge in [-0.15, -0.1) is 0 Å². The molecule has 226 valence electrons. The zero-order chi connectivity index (χ0) is 29.9. The van der Waals surface area contributed by atoms with Gasteiger partial charge in [0, 0.05) is 19.4 Å². The van der Waals surface area contributed by atoms with Crippen molar-refractivity contribution in [2.75, 3.05) is 18.9 Å². The summed E-state index contributed by atoms with van der Waals surface area (Å²) < 4.78 is 5.57. The summed E-state index contributed by atoms with van der Waals surface area (Å²) in [5.41, 5.74) is 1.31. The molecule has 0 radical (unpaired) electrons. The van der Waals surface area contributed by atoms with Crippen LogP contribution in [-0.4, -0.2) is 30.8 Å². The summed E-state index contributed by atoms with van der Waals surface area (Å²) in [6.45, 7) is 1.31. The number of rotatable bonds is 18. The monoisotopic (exact) mass is 595 g/mol. The minimum atomic E-state index is -0.0793. The van der Waals surface area contributed by atoms with Crippen molar-refractivity contribution in [2.24, 2.45) is 0 Å². The Kier molecular flexibility index (Phi) is 11.5. The van der Waals surface area contributed by atoms with Gasteiger partial charge in [-0.05, 0) is 80.1 Å². The van der Waals surface area contributed by atoms with Crippen LogP contribution in [0.1, 0.15) is 82.6 Å². The van der Waals surface area contributed by atoms with Crippen molar-refractivity contribution >= 4 is 67.6 Å². The summed E-state index contributed by atoms with van der Waals surface area (Å²) in [6.07, 6.45) is 13.1. The van der Waals surface area contributed by atoms with Crippen molar-refractivity contribution in [1.29, 1.82) is 0 Å². The summed E-state index contributed by atoms with van der Waals surface area (Å²) >= 11 is 4.08. The van der Waals surface area contributed by atoms with Crippen molar-refractivity contribution in [3.63, 3.8) is 0 Å². The highest BCUT2D eigenvalue weighted by atomic mass is 32.1. The molecule has 0 atom stereocenters. The van der Waals surface area contributed by atoms with Gasteiger partial charge in [0.15, 0.2) is 0 Å². The van der Waals surface area contributed by atoms with Gasteiger partial charge in [-0.2, -0.15) is 12.6 Å². The fourth-order valence-electron chi connectivity index (χ4n) is 6.50. The minimum absolute atomic E-state index is 0.0793. The number of ether oxygens (including phenoxy) is 1. The molecule has 0 aliphatic carbocycles. The van der Waals surface area contributed by atoms with E-state index >= 15 is 0 Å². The molecule has 5 aromatic rings. The zero-order valence-corrected chi connectivity index (χ0v) is 26.2. The molecule has 0 aliphatic heterocycles. The number of benzene rings is 5. The molecular formula is C38H45NO3S. The maximum Gasteiger partial charge on any atom is 0.305 e. The molecule has 0 aliphatic rings. The lowest BCUT2D eigenvalue weighted by Gasteiger charge is -2.17. The van der Waals surface area contributed by atoms with Crippen LogP contribution in [0.3, 0.4) is 0 Å². The number of aryl methyl sites for hydroxylation is 1. The predicted molar refractivity (Wildman–Crippen MR) is 185 cm³/mol. The molecule has 4 nitrogen and oxygen atoms in total. The number of carbonyl (C=O) groups is 2. The van der Waals surface area contributed by atoms with Crippen LogP contribution in [-0.2, 0) is 20.7 Å². The zero-order valence-electron chi connectivity index (χ0n) is 25.3. The molecule has 5 rings (SSSR count). The van der Waals surface area contributed by atoms with E-state index in [1.165, 1.54) is 87.2 Å². The van der Waals surface area contributed by atoms with E-state index in [1.807, 2.05) is 0 Å². The van der Waals surface area contributed by atoms with E-state index in [2.05, 4.69) is 84.7 Å². The second-order valence-corrected chi connectivity index (χ2v) is 12.2. The molecule has 5 aromatic carbocycles. The Balaban J connectivity index is 1.01. The summed E-state index contributed by atoms with van der Waals surface area (Å²) in [4.78, 5) is 23.9. The van der Waals surface area contributed by atoms with Crippen LogP contribution >= 0.6 is 12.6 Å². The molecule has 0 spiro atoms. The normalized spacial score (nSPS) is 11.7. The fourth-order valence-corrected chi connectivity index (χ4v) is 6.70. The third kappa shape index (κ3) is 8.00. The van der Waals surface area contributed by atoms with Crippen LogP contribution < -0.4 is 5.32 Å². The minimum Gasteiger partial charge on any atom is -0.466 e. The van der Waals surface area contributed by atoms with E-state index in [0.717, 1.165) is 38.6 Å². The Labute approximate surface area is 261 Å². The first-order valence-electron chi connectivity index (χ1n) is 16.3. The summed E-state index contributed by atoms with van der Waals surface area (Å²) in [6, 6.07) is 24.3. The van der Waals surface area contributed by atoms with Crippen LogP contribution in [0.25, 0.3) is 43.1 Å². The molecule has 0 saturated carbocycles. The number of nitrogens with one attached hydrogen (secondary N) is 1. The molecule has 1 amide bonds. The van der Waals surface area contributed by atoms with Crippen LogP contribution in [0.5, 0.6) is 0 Å². The first-order chi connectivity index (χ1) is 21.2. The number of hydrogen-bond acceptors (Lipinski definition) is 4. The fraction of sp³-hybridized carbons (Fsp3) is 0.421. The van der Waals surface area contributed by atoms with Crippen molar-refractivity contribution in [1.82, 2.24) is 5.32 Å². The average molecular weight is 596 g/mol. The van der Waals surface area contributed by atoms with Crippen LogP contribution in [0.2, 0.25) is 0 Å². The number of amides is 1. The molecule has 0 bridgehead atoms. The highest BCUT2D eigenvalue weighted by Crippen LogP contribution is 2.41. The molecule has 0 heterocycles. The Bertz CT molecular complexity index is 1640. The Morgan fingerprint density at radius 2 is 1.21 bits per heavy atom. The van der Waals surface area contributed by atoms with Gasteiger partial charge in [0.1, 0.15) is 0 Å². The second kappa shape index (κ2) is 16.0. The predicted octanol–water partition coefficient (Wildman–Crippen LogP) is 9.55.